The summed E-state index contributed by atoms with van der Waals surface area (Å²) in [5, 5.41) is 14.6. The normalized spacial score (nSPS) is 18.0. The van der Waals surface area contributed by atoms with Crippen LogP contribution in [0.4, 0.5) is 10.5 Å². The molecule has 0 spiro atoms. The summed E-state index contributed by atoms with van der Waals surface area (Å²) < 4.78 is 5.10. The Hall–Kier alpha value is -2.28. The van der Waals surface area contributed by atoms with Crippen molar-refractivity contribution in [3.05, 3.63) is 24.3 Å². The fourth-order valence-corrected chi connectivity index (χ4v) is 2.38. The van der Waals surface area contributed by atoms with Crippen LogP contribution in [-0.2, 0) is 4.79 Å². The first-order valence-electron chi connectivity index (χ1n) is 7.48. The SMILES string of the molecule is COc1ccc(N2CC(NC(=O)NC(C)(C)CO)CC2=O)cc1. The Morgan fingerprint density at radius 3 is 2.61 bits per heavy atom. The number of hydrogen-bond acceptors (Lipinski definition) is 4. The fourth-order valence-electron chi connectivity index (χ4n) is 2.38. The number of aliphatic hydroxyl groups excluding tert-OH is 1. The van der Waals surface area contributed by atoms with Gasteiger partial charge in [0.2, 0.25) is 5.91 Å². The van der Waals surface area contributed by atoms with E-state index in [9.17, 15) is 9.59 Å². The summed E-state index contributed by atoms with van der Waals surface area (Å²) in [5.74, 6) is 0.683. The zero-order valence-corrected chi connectivity index (χ0v) is 13.6. The quantitative estimate of drug-likeness (QED) is 0.750. The molecule has 1 atom stereocenters. The first-order chi connectivity index (χ1) is 10.8. The summed E-state index contributed by atoms with van der Waals surface area (Å²) in [6, 6.07) is 6.56. The van der Waals surface area contributed by atoms with Crippen LogP contribution in [0.2, 0.25) is 0 Å². The Kier molecular flexibility index (Phi) is 5.10. The summed E-state index contributed by atoms with van der Waals surface area (Å²) in [7, 11) is 1.59. The highest BCUT2D eigenvalue weighted by atomic mass is 16.5. The smallest absolute Gasteiger partial charge is 0.315 e. The Bertz CT molecular complexity index is 571. The number of hydrogen-bond donors (Lipinski definition) is 3. The lowest BCUT2D eigenvalue weighted by molar-refractivity contribution is -0.117. The first-order valence-corrected chi connectivity index (χ1v) is 7.48. The molecule has 0 bridgehead atoms. The van der Waals surface area contributed by atoms with Crippen LogP contribution in [0, 0.1) is 0 Å². The molecule has 126 valence electrons. The largest absolute Gasteiger partial charge is 0.497 e. The van der Waals surface area contributed by atoms with Crippen molar-refractivity contribution in [2.75, 3.05) is 25.2 Å². The van der Waals surface area contributed by atoms with Crippen LogP contribution in [0.3, 0.4) is 0 Å². The zero-order valence-electron chi connectivity index (χ0n) is 13.6. The first kappa shape index (κ1) is 17.1. The standard InChI is InChI=1S/C16H23N3O4/c1-16(2,10-20)18-15(22)17-11-8-14(21)19(9-11)12-4-6-13(23-3)7-5-12/h4-7,11,20H,8-10H2,1-3H3,(H2,17,18,22). The maximum absolute atomic E-state index is 12.1. The molecule has 1 fully saturated rings. The highest BCUT2D eigenvalue weighted by Gasteiger charge is 2.32. The molecule has 1 aromatic carbocycles. The molecule has 1 saturated heterocycles. The summed E-state index contributed by atoms with van der Waals surface area (Å²) >= 11 is 0. The topological polar surface area (TPSA) is 90.9 Å². The van der Waals surface area contributed by atoms with Crippen LogP contribution in [0.1, 0.15) is 20.3 Å². The van der Waals surface area contributed by atoms with Crippen LogP contribution in [0.5, 0.6) is 5.75 Å². The third-order valence-corrected chi connectivity index (χ3v) is 3.69. The third kappa shape index (κ3) is 4.35. The van der Waals surface area contributed by atoms with Crippen molar-refractivity contribution in [1.82, 2.24) is 10.6 Å². The number of rotatable bonds is 5. The van der Waals surface area contributed by atoms with E-state index < -0.39 is 11.6 Å². The van der Waals surface area contributed by atoms with Crippen molar-refractivity contribution >= 4 is 17.6 Å². The third-order valence-electron chi connectivity index (χ3n) is 3.69. The summed E-state index contributed by atoms with van der Waals surface area (Å²) in [6.07, 6.45) is 0.249. The minimum absolute atomic E-state index is 0.0399. The van der Waals surface area contributed by atoms with Gasteiger partial charge in [0.25, 0.3) is 0 Å². The molecular formula is C16H23N3O4. The Morgan fingerprint density at radius 1 is 1.39 bits per heavy atom. The van der Waals surface area contributed by atoms with E-state index in [-0.39, 0.29) is 25.0 Å². The number of nitrogens with one attached hydrogen (secondary N) is 2. The number of ether oxygens (including phenoxy) is 1. The van der Waals surface area contributed by atoms with Crippen molar-refractivity contribution in [3.8, 4) is 5.75 Å². The molecule has 0 radical (unpaired) electrons. The number of urea groups is 1. The summed E-state index contributed by atoms with van der Waals surface area (Å²) in [6.45, 7) is 3.69. The number of nitrogens with zero attached hydrogens (tertiary/aromatic N) is 1. The van der Waals surface area contributed by atoms with Gasteiger partial charge in [-0.15, -0.1) is 0 Å². The monoisotopic (exact) mass is 321 g/mol. The minimum Gasteiger partial charge on any atom is -0.497 e. The number of methoxy groups -OCH3 is 1. The molecule has 7 heteroatoms. The van der Waals surface area contributed by atoms with E-state index in [4.69, 9.17) is 9.84 Å². The van der Waals surface area contributed by atoms with E-state index in [1.807, 2.05) is 12.1 Å². The lowest BCUT2D eigenvalue weighted by Crippen LogP contribution is -2.53. The molecule has 1 heterocycles. The number of carbonyl (C=O) groups is 2. The number of carbonyl (C=O) groups excluding carboxylic acids is 2. The van der Waals surface area contributed by atoms with E-state index in [1.54, 1.807) is 38.0 Å². The molecule has 0 aliphatic carbocycles. The second-order valence-electron chi connectivity index (χ2n) is 6.24. The van der Waals surface area contributed by atoms with Crippen molar-refractivity contribution in [2.45, 2.75) is 31.8 Å². The maximum Gasteiger partial charge on any atom is 0.315 e. The zero-order chi connectivity index (χ0) is 17.0. The van der Waals surface area contributed by atoms with Gasteiger partial charge in [-0.1, -0.05) is 0 Å². The highest BCUT2D eigenvalue weighted by molar-refractivity contribution is 5.96. The summed E-state index contributed by atoms with van der Waals surface area (Å²) in [5.41, 5.74) is 0.0683. The molecule has 0 aromatic heterocycles. The average molecular weight is 321 g/mol. The van der Waals surface area contributed by atoms with Crippen molar-refractivity contribution in [3.63, 3.8) is 0 Å². The van der Waals surface area contributed by atoms with E-state index >= 15 is 0 Å². The molecule has 2 rings (SSSR count). The molecular weight excluding hydrogens is 298 g/mol. The van der Waals surface area contributed by atoms with Gasteiger partial charge in [-0.05, 0) is 38.1 Å². The highest BCUT2D eigenvalue weighted by Crippen LogP contribution is 2.24. The predicted molar refractivity (Wildman–Crippen MR) is 86.6 cm³/mol. The number of benzene rings is 1. The van der Waals surface area contributed by atoms with E-state index in [0.717, 1.165) is 11.4 Å². The summed E-state index contributed by atoms with van der Waals surface area (Å²) in [4.78, 5) is 25.7. The van der Waals surface area contributed by atoms with Gasteiger partial charge in [-0.3, -0.25) is 4.79 Å². The average Bonchev–Trinajstić information content (AvgIpc) is 2.87. The van der Waals surface area contributed by atoms with Gasteiger partial charge in [0.15, 0.2) is 0 Å². The second kappa shape index (κ2) is 6.87. The molecule has 0 saturated carbocycles. The van der Waals surface area contributed by atoms with Gasteiger partial charge in [0, 0.05) is 18.7 Å². The van der Waals surface area contributed by atoms with Crippen LogP contribution in [0.25, 0.3) is 0 Å². The van der Waals surface area contributed by atoms with Crippen LogP contribution >= 0.6 is 0 Å². The molecule has 1 aromatic rings. The van der Waals surface area contributed by atoms with Gasteiger partial charge in [0.05, 0.1) is 25.3 Å². The molecule has 3 N–H and O–H groups in total. The van der Waals surface area contributed by atoms with Crippen LogP contribution in [-0.4, -0.2) is 48.9 Å². The van der Waals surface area contributed by atoms with Crippen molar-refractivity contribution in [1.29, 1.82) is 0 Å². The molecule has 7 nitrogen and oxygen atoms in total. The van der Waals surface area contributed by atoms with Crippen molar-refractivity contribution < 1.29 is 19.4 Å². The van der Waals surface area contributed by atoms with Crippen molar-refractivity contribution in [2.24, 2.45) is 0 Å². The molecule has 3 amide bonds. The van der Waals surface area contributed by atoms with Crippen LogP contribution in [0.15, 0.2) is 24.3 Å². The predicted octanol–water partition coefficient (Wildman–Crippen LogP) is 0.871. The molecule has 1 unspecified atom stereocenters. The van der Waals surface area contributed by atoms with E-state index in [1.165, 1.54) is 0 Å². The molecule has 1 aliphatic rings. The van der Waals surface area contributed by atoms with Gasteiger partial charge >= 0.3 is 6.03 Å². The van der Waals surface area contributed by atoms with Crippen LogP contribution < -0.4 is 20.3 Å². The maximum atomic E-state index is 12.1. The number of aliphatic hydroxyl groups is 1. The Labute approximate surface area is 135 Å². The van der Waals surface area contributed by atoms with Gasteiger partial charge in [0.1, 0.15) is 5.75 Å². The minimum atomic E-state index is -0.706. The number of amides is 3. The van der Waals surface area contributed by atoms with E-state index in [2.05, 4.69) is 10.6 Å². The number of anilines is 1. The fraction of sp³-hybridized carbons (Fsp3) is 0.500. The molecule has 23 heavy (non-hydrogen) atoms. The lowest BCUT2D eigenvalue weighted by Gasteiger charge is -2.25. The van der Waals surface area contributed by atoms with Gasteiger partial charge in [-0.25, -0.2) is 4.79 Å². The Balaban J connectivity index is 1.95. The van der Waals surface area contributed by atoms with E-state index in [0.29, 0.717) is 6.54 Å². The molecule has 1 aliphatic heterocycles. The van der Waals surface area contributed by atoms with Gasteiger partial charge in [-0.2, -0.15) is 0 Å². The Morgan fingerprint density at radius 2 is 2.04 bits per heavy atom. The lowest BCUT2D eigenvalue weighted by atomic mass is 10.1. The second-order valence-corrected chi connectivity index (χ2v) is 6.24. The van der Waals surface area contributed by atoms with Gasteiger partial charge < -0.3 is 25.4 Å².